The van der Waals surface area contributed by atoms with Gasteiger partial charge in [-0.05, 0) is 35.6 Å². The summed E-state index contributed by atoms with van der Waals surface area (Å²) in [4.78, 5) is 11.6. The monoisotopic (exact) mass is 284 g/mol. The maximum atomic E-state index is 14.2. The van der Waals surface area contributed by atoms with Crippen LogP contribution in [0.2, 0.25) is 0 Å². The van der Waals surface area contributed by atoms with Gasteiger partial charge in [-0.25, -0.2) is 4.39 Å². The highest BCUT2D eigenvalue weighted by Crippen LogP contribution is 2.27. The van der Waals surface area contributed by atoms with Crippen molar-refractivity contribution in [2.45, 2.75) is 32.3 Å². The van der Waals surface area contributed by atoms with Gasteiger partial charge < -0.3 is 4.74 Å². The second-order valence-corrected chi connectivity index (χ2v) is 5.39. The number of ketones is 1. The molecular weight excluding hydrogens is 267 g/mol. The van der Waals surface area contributed by atoms with E-state index in [9.17, 15) is 9.18 Å². The Bertz CT molecular complexity index is 650. The summed E-state index contributed by atoms with van der Waals surface area (Å²) in [5.74, 6) is 0.320. The van der Waals surface area contributed by atoms with Crippen molar-refractivity contribution in [2.75, 3.05) is 0 Å². The molecule has 0 amide bonds. The van der Waals surface area contributed by atoms with E-state index >= 15 is 0 Å². The highest BCUT2D eigenvalue weighted by molar-refractivity contribution is 5.82. The highest BCUT2D eigenvalue weighted by atomic mass is 19.1. The fourth-order valence-corrected chi connectivity index (χ4v) is 2.67. The molecule has 0 radical (unpaired) electrons. The van der Waals surface area contributed by atoms with Crippen molar-refractivity contribution in [3.63, 3.8) is 0 Å². The van der Waals surface area contributed by atoms with Crippen LogP contribution in [0.3, 0.4) is 0 Å². The molecule has 0 atom stereocenters. The average Bonchev–Trinajstić information content (AvgIpc) is 2.68. The number of hydrogen-bond donors (Lipinski definition) is 0. The lowest BCUT2D eigenvalue weighted by Crippen LogP contribution is -2.04. The van der Waals surface area contributed by atoms with E-state index in [1.54, 1.807) is 0 Å². The topological polar surface area (TPSA) is 26.3 Å². The van der Waals surface area contributed by atoms with E-state index in [1.165, 1.54) is 6.07 Å². The third kappa shape index (κ3) is 3.30. The van der Waals surface area contributed by atoms with E-state index in [4.69, 9.17) is 4.74 Å². The molecule has 1 aliphatic rings. The van der Waals surface area contributed by atoms with Crippen LogP contribution < -0.4 is 4.74 Å². The molecule has 0 saturated heterocycles. The number of halogens is 1. The first-order valence-electron chi connectivity index (χ1n) is 7.22. The van der Waals surface area contributed by atoms with E-state index in [1.807, 2.05) is 36.4 Å². The summed E-state index contributed by atoms with van der Waals surface area (Å²) in [6, 6.07) is 13.0. The van der Waals surface area contributed by atoms with Gasteiger partial charge in [0.25, 0.3) is 0 Å². The molecular formula is C18H17FO2. The summed E-state index contributed by atoms with van der Waals surface area (Å²) >= 11 is 0. The zero-order chi connectivity index (χ0) is 14.7. The van der Waals surface area contributed by atoms with Crippen LogP contribution in [0.5, 0.6) is 5.75 Å². The molecule has 2 aromatic carbocycles. The zero-order valence-electron chi connectivity index (χ0n) is 11.8. The standard InChI is InChI=1S/C18H17FO2/c19-18-11-16(21-12-13-5-2-1-3-6-13)9-14-7-4-8-15(20)10-17(14)18/h1-3,5-6,9,11H,4,7-8,10,12H2. The maximum Gasteiger partial charge on any atom is 0.137 e. The first-order valence-corrected chi connectivity index (χ1v) is 7.22. The quantitative estimate of drug-likeness (QED) is 0.800. The lowest BCUT2D eigenvalue weighted by molar-refractivity contribution is -0.118. The third-order valence-corrected chi connectivity index (χ3v) is 3.79. The lowest BCUT2D eigenvalue weighted by atomic mass is 10.0. The smallest absolute Gasteiger partial charge is 0.137 e. The van der Waals surface area contributed by atoms with Gasteiger partial charge in [-0.1, -0.05) is 30.3 Å². The van der Waals surface area contributed by atoms with Crippen LogP contribution in [0.4, 0.5) is 4.39 Å². The van der Waals surface area contributed by atoms with Crippen LogP contribution in [0, 0.1) is 5.82 Å². The summed E-state index contributed by atoms with van der Waals surface area (Å²) in [6.07, 6.45) is 2.27. The van der Waals surface area contributed by atoms with Crippen LogP contribution in [0.25, 0.3) is 0 Å². The van der Waals surface area contributed by atoms with Crippen molar-refractivity contribution in [2.24, 2.45) is 0 Å². The minimum atomic E-state index is -0.328. The fraction of sp³-hybridized carbons (Fsp3) is 0.278. The van der Waals surface area contributed by atoms with E-state index in [-0.39, 0.29) is 18.0 Å². The van der Waals surface area contributed by atoms with Gasteiger partial charge in [-0.2, -0.15) is 0 Å². The van der Waals surface area contributed by atoms with Crippen molar-refractivity contribution >= 4 is 5.78 Å². The van der Waals surface area contributed by atoms with Gasteiger partial charge in [-0.15, -0.1) is 0 Å². The van der Waals surface area contributed by atoms with Gasteiger partial charge in [0.15, 0.2) is 0 Å². The Morgan fingerprint density at radius 3 is 2.71 bits per heavy atom. The molecule has 3 rings (SSSR count). The summed E-state index contributed by atoms with van der Waals surface area (Å²) in [5.41, 5.74) is 2.50. The Kier molecular flexibility index (Phi) is 4.00. The molecule has 0 heterocycles. The number of carbonyl (C=O) groups excluding carboxylic acids is 1. The Labute approximate surface area is 123 Å². The van der Waals surface area contributed by atoms with Crippen molar-refractivity contribution in [3.05, 3.63) is 65.0 Å². The molecule has 2 aromatic rings. The highest BCUT2D eigenvalue weighted by Gasteiger charge is 2.18. The molecule has 0 N–H and O–H groups in total. The second kappa shape index (κ2) is 6.08. The summed E-state index contributed by atoms with van der Waals surface area (Å²) in [6.45, 7) is 0.415. The Balaban J connectivity index is 1.80. The molecule has 0 spiro atoms. The van der Waals surface area contributed by atoms with Crippen molar-refractivity contribution in [1.82, 2.24) is 0 Å². The van der Waals surface area contributed by atoms with E-state index in [0.29, 0.717) is 24.3 Å². The molecule has 2 nitrogen and oxygen atoms in total. The number of fused-ring (bicyclic) bond motifs is 1. The molecule has 21 heavy (non-hydrogen) atoms. The fourth-order valence-electron chi connectivity index (χ4n) is 2.67. The number of hydrogen-bond acceptors (Lipinski definition) is 2. The number of carbonyl (C=O) groups is 1. The first-order chi connectivity index (χ1) is 10.2. The van der Waals surface area contributed by atoms with E-state index in [0.717, 1.165) is 24.0 Å². The number of ether oxygens (including phenoxy) is 1. The number of aryl methyl sites for hydroxylation is 1. The molecule has 0 aliphatic heterocycles. The molecule has 0 bridgehead atoms. The van der Waals surface area contributed by atoms with Crippen molar-refractivity contribution in [3.8, 4) is 5.75 Å². The first kappa shape index (κ1) is 13.8. The predicted molar refractivity (Wildman–Crippen MR) is 78.8 cm³/mol. The van der Waals surface area contributed by atoms with Crippen molar-refractivity contribution in [1.29, 1.82) is 0 Å². The molecule has 108 valence electrons. The molecule has 3 heteroatoms. The normalized spacial score (nSPS) is 14.4. The van der Waals surface area contributed by atoms with Crippen LogP contribution in [-0.2, 0) is 24.2 Å². The van der Waals surface area contributed by atoms with Crippen LogP contribution in [-0.4, -0.2) is 5.78 Å². The molecule has 1 aliphatic carbocycles. The van der Waals surface area contributed by atoms with Crippen molar-refractivity contribution < 1.29 is 13.9 Å². The molecule has 0 saturated carbocycles. The van der Waals surface area contributed by atoms with Gasteiger partial charge in [-0.3, -0.25) is 4.79 Å². The predicted octanol–water partition coefficient (Wildman–Crippen LogP) is 3.85. The van der Waals surface area contributed by atoms with E-state index in [2.05, 4.69) is 0 Å². The number of rotatable bonds is 3. The zero-order valence-corrected chi connectivity index (χ0v) is 11.8. The number of Topliss-reactive ketones (excluding diaryl/α,β-unsaturated/α-hetero) is 1. The molecule has 0 fully saturated rings. The summed E-state index contributed by atoms with van der Waals surface area (Å²) in [5, 5.41) is 0. The largest absolute Gasteiger partial charge is 0.489 e. The number of benzene rings is 2. The van der Waals surface area contributed by atoms with Crippen LogP contribution in [0.1, 0.15) is 29.5 Å². The third-order valence-electron chi connectivity index (χ3n) is 3.79. The molecule has 0 aromatic heterocycles. The van der Waals surface area contributed by atoms with Gasteiger partial charge in [0.2, 0.25) is 0 Å². The average molecular weight is 284 g/mol. The second-order valence-electron chi connectivity index (χ2n) is 5.39. The van der Waals surface area contributed by atoms with E-state index < -0.39 is 0 Å². The van der Waals surface area contributed by atoms with Gasteiger partial charge in [0.1, 0.15) is 24.0 Å². The minimum Gasteiger partial charge on any atom is -0.489 e. The summed E-state index contributed by atoms with van der Waals surface area (Å²) in [7, 11) is 0. The summed E-state index contributed by atoms with van der Waals surface area (Å²) < 4.78 is 19.9. The van der Waals surface area contributed by atoms with Gasteiger partial charge in [0, 0.05) is 18.9 Å². The van der Waals surface area contributed by atoms with Gasteiger partial charge in [0.05, 0.1) is 0 Å². The van der Waals surface area contributed by atoms with Gasteiger partial charge >= 0.3 is 0 Å². The lowest BCUT2D eigenvalue weighted by Gasteiger charge is -2.11. The Morgan fingerprint density at radius 2 is 1.90 bits per heavy atom. The Morgan fingerprint density at radius 1 is 1.10 bits per heavy atom. The van der Waals surface area contributed by atoms with Crippen LogP contribution >= 0.6 is 0 Å². The van der Waals surface area contributed by atoms with Crippen LogP contribution in [0.15, 0.2) is 42.5 Å². The Hall–Kier alpha value is -2.16. The minimum absolute atomic E-state index is 0.116. The SMILES string of the molecule is O=C1CCCc2cc(OCc3ccccc3)cc(F)c2C1. The molecule has 0 unspecified atom stereocenters. The maximum absolute atomic E-state index is 14.2.